The highest BCUT2D eigenvalue weighted by Gasteiger charge is 2.12. The Balaban J connectivity index is 1.92. The zero-order chi connectivity index (χ0) is 10.7. The molecule has 1 saturated heterocycles. The summed E-state index contributed by atoms with van der Waals surface area (Å²) in [6, 6.07) is 0. The van der Waals surface area contributed by atoms with Gasteiger partial charge >= 0.3 is 0 Å². The van der Waals surface area contributed by atoms with Crippen LogP contribution in [0.5, 0.6) is 0 Å². The molecule has 0 aliphatic carbocycles. The molecular formula is C10H16N4O. The Hall–Kier alpha value is -1.23. The summed E-state index contributed by atoms with van der Waals surface area (Å²) in [5.74, 6) is 0. The van der Waals surface area contributed by atoms with Crippen LogP contribution >= 0.6 is 0 Å². The van der Waals surface area contributed by atoms with Crippen LogP contribution in [-0.2, 0) is 6.54 Å². The van der Waals surface area contributed by atoms with Crippen molar-refractivity contribution in [3.05, 3.63) is 11.4 Å². The first-order valence-electron chi connectivity index (χ1n) is 5.39. The van der Waals surface area contributed by atoms with E-state index < -0.39 is 0 Å². The second-order valence-corrected chi connectivity index (χ2v) is 3.95. The maximum absolute atomic E-state index is 10.6. The lowest BCUT2D eigenvalue weighted by molar-refractivity contribution is 0.111. The molecule has 15 heavy (non-hydrogen) atoms. The first-order chi connectivity index (χ1) is 7.31. The molecule has 5 heteroatoms. The van der Waals surface area contributed by atoms with Crippen molar-refractivity contribution in [2.24, 2.45) is 0 Å². The quantitative estimate of drug-likeness (QED) is 0.676. The summed E-state index contributed by atoms with van der Waals surface area (Å²) in [7, 11) is 0. The van der Waals surface area contributed by atoms with Crippen LogP contribution in [0.3, 0.4) is 0 Å². The fourth-order valence-corrected chi connectivity index (χ4v) is 1.94. The molecule has 2 rings (SSSR count). The van der Waals surface area contributed by atoms with E-state index in [-0.39, 0.29) is 0 Å². The molecule has 0 amide bonds. The summed E-state index contributed by atoms with van der Waals surface area (Å²) >= 11 is 0. The predicted octanol–water partition coefficient (Wildman–Crippen LogP) is 0.495. The fourth-order valence-electron chi connectivity index (χ4n) is 1.94. The zero-order valence-electron chi connectivity index (χ0n) is 9.02. The van der Waals surface area contributed by atoms with E-state index in [0.29, 0.717) is 5.69 Å². The number of rotatable bonds is 4. The molecule has 2 heterocycles. The van der Waals surface area contributed by atoms with Crippen molar-refractivity contribution in [3.63, 3.8) is 0 Å². The molecule has 0 unspecified atom stereocenters. The highest BCUT2D eigenvalue weighted by atomic mass is 16.1. The van der Waals surface area contributed by atoms with Crippen molar-refractivity contribution < 1.29 is 4.79 Å². The van der Waals surface area contributed by atoms with Gasteiger partial charge in [0.25, 0.3) is 0 Å². The van der Waals surface area contributed by atoms with Gasteiger partial charge in [-0.25, -0.2) is 4.68 Å². The number of hydrogen-bond donors (Lipinski definition) is 0. The van der Waals surface area contributed by atoms with E-state index in [9.17, 15) is 4.79 Å². The number of nitrogens with zero attached hydrogens (tertiary/aromatic N) is 4. The van der Waals surface area contributed by atoms with Gasteiger partial charge in [-0.2, -0.15) is 0 Å². The first-order valence-corrected chi connectivity index (χ1v) is 5.39. The molecule has 0 spiro atoms. The number of likely N-dealkylation sites (tertiary alicyclic amines) is 1. The van der Waals surface area contributed by atoms with Gasteiger partial charge in [0.05, 0.1) is 12.2 Å². The standard InChI is InChI=1S/C10H16N4O/c1-9-10(8-15)11-12-14(9)7-6-13-4-2-3-5-13/h8H,2-7H2,1H3. The van der Waals surface area contributed by atoms with Gasteiger partial charge in [0.1, 0.15) is 5.69 Å². The summed E-state index contributed by atoms with van der Waals surface area (Å²) in [4.78, 5) is 13.0. The number of aromatic nitrogens is 3. The fraction of sp³-hybridized carbons (Fsp3) is 0.700. The third-order valence-corrected chi connectivity index (χ3v) is 2.96. The Bertz CT molecular complexity index is 341. The van der Waals surface area contributed by atoms with Crippen molar-refractivity contribution in [2.75, 3.05) is 19.6 Å². The minimum atomic E-state index is 0.455. The van der Waals surface area contributed by atoms with E-state index in [1.807, 2.05) is 11.6 Å². The van der Waals surface area contributed by atoms with Gasteiger partial charge in [0.15, 0.2) is 6.29 Å². The van der Waals surface area contributed by atoms with Crippen LogP contribution in [0.4, 0.5) is 0 Å². The highest BCUT2D eigenvalue weighted by Crippen LogP contribution is 2.07. The number of hydrogen-bond acceptors (Lipinski definition) is 4. The molecule has 0 N–H and O–H groups in total. The largest absolute Gasteiger partial charge is 0.301 e. The molecule has 1 aliphatic rings. The molecule has 1 fully saturated rings. The summed E-state index contributed by atoms with van der Waals surface area (Å²) in [5.41, 5.74) is 1.32. The Labute approximate surface area is 89.1 Å². The van der Waals surface area contributed by atoms with Crippen molar-refractivity contribution >= 4 is 6.29 Å². The molecule has 1 aromatic heterocycles. The van der Waals surface area contributed by atoms with Crippen molar-refractivity contribution in [1.82, 2.24) is 19.9 Å². The molecule has 0 radical (unpaired) electrons. The molecule has 1 aromatic rings. The predicted molar refractivity (Wildman–Crippen MR) is 55.8 cm³/mol. The van der Waals surface area contributed by atoms with Crippen molar-refractivity contribution in [2.45, 2.75) is 26.3 Å². The van der Waals surface area contributed by atoms with Crippen molar-refractivity contribution in [1.29, 1.82) is 0 Å². The summed E-state index contributed by atoms with van der Waals surface area (Å²) in [5, 5.41) is 7.76. The van der Waals surface area contributed by atoms with Gasteiger partial charge < -0.3 is 4.90 Å². The monoisotopic (exact) mass is 208 g/mol. The van der Waals surface area contributed by atoms with Gasteiger partial charge in [0, 0.05) is 6.54 Å². The number of carbonyl (C=O) groups is 1. The Morgan fingerprint density at radius 2 is 2.07 bits per heavy atom. The average molecular weight is 208 g/mol. The van der Waals surface area contributed by atoms with Crippen LogP contribution in [0.1, 0.15) is 29.0 Å². The third kappa shape index (κ3) is 2.23. The molecular weight excluding hydrogens is 192 g/mol. The van der Waals surface area contributed by atoms with E-state index in [4.69, 9.17) is 0 Å². The van der Waals surface area contributed by atoms with Crippen molar-refractivity contribution in [3.8, 4) is 0 Å². The molecule has 1 aliphatic heterocycles. The van der Waals surface area contributed by atoms with Crippen LogP contribution in [0, 0.1) is 6.92 Å². The lowest BCUT2D eigenvalue weighted by atomic mass is 10.3. The highest BCUT2D eigenvalue weighted by molar-refractivity contribution is 5.72. The maximum Gasteiger partial charge on any atom is 0.172 e. The van der Waals surface area contributed by atoms with Crippen LogP contribution in [-0.4, -0.2) is 45.8 Å². The van der Waals surface area contributed by atoms with E-state index >= 15 is 0 Å². The number of carbonyl (C=O) groups excluding carboxylic acids is 1. The van der Waals surface area contributed by atoms with E-state index in [1.54, 1.807) is 0 Å². The second kappa shape index (κ2) is 4.53. The zero-order valence-corrected chi connectivity index (χ0v) is 9.02. The van der Waals surface area contributed by atoms with E-state index in [0.717, 1.165) is 25.1 Å². The van der Waals surface area contributed by atoms with E-state index in [2.05, 4.69) is 15.2 Å². The Kier molecular flexibility index (Phi) is 3.11. The SMILES string of the molecule is Cc1c(C=O)nnn1CCN1CCCC1. The summed E-state index contributed by atoms with van der Waals surface area (Å²) in [6.45, 7) is 6.09. The summed E-state index contributed by atoms with van der Waals surface area (Å²) in [6.07, 6.45) is 3.36. The topological polar surface area (TPSA) is 51.0 Å². The van der Waals surface area contributed by atoms with Gasteiger partial charge in [-0.1, -0.05) is 5.21 Å². The third-order valence-electron chi connectivity index (χ3n) is 2.96. The minimum absolute atomic E-state index is 0.455. The Morgan fingerprint density at radius 3 is 2.67 bits per heavy atom. The van der Waals surface area contributed by atoms with Crippen LogP contribution in [0.2, 0.25) is 0 Å². The average Bonchev–Trinajstić information content (AvgIpc) is 2.85. The molecule has 0 atom stereocenters. The van der Waals surface area contributed by atoms with Crippen LogP contribution < -0.4 is 0 Å². The maximum atomic E-state index is 10.6. The molecule has 82 valence electrons. The lowest BCUT2D eigenvalue weighted by Gasteiger charge is -2.14. The summed E-state index contributed by atoms with van der Waals surface area (Å²) < 4.78 is 1.81. The van der Waals surface area contributed by atoms with Gasteiger partial charge in [0.2, 0.25) is 0 Å². The van der Waals surface area contributed by atoms with E-state index in [1.165, 1.54) is 25.9 Å². The smallest absolute Gasteiger partial charge is 0.172 e. The van der Waals surface area contributed by atoms with Crippen LogP contribution in [0.15, 0.2) is 0 Å². The van der Waals surface area contributed by atoms with Crippen LogP contribution in [0.25, 0.3) is 0 Å². The number of aldehydes is 1. The molecule has 0 bridgehead atoms. The molecule has 5 nitrogen and oxygen atoms in total. The Morgan fingerprint density at radius 1 is 1.33 bits per heavy atom. The van der Waals surface area contributed by atoms with Gasteiger partial charge in [-0.3, -0.25) is 4.79 Å². The van der Waals surface area contributed by atoms with Gasteiger partial charge in [-0.05, 0) is 32.9 Å². The normalized spacial score (nSPS) is 17.1. The molecule has 0 saturated carbocycles. The lowest BCUT2D eigenvalue weighted by Crippen LogP contribution is -2.24. The van der Waals surface area contributed by atoms with Gasteiger partial charge in [-0.15, -0.1) is 5.10 Å². The minimum Gasteiger partial charge on any atom is -0.301 e. The molecule has 0 aromatic carbocycles. The first kappa shape index (κ1) is 10.3. The second-order valence-electron chi connectivity index (χ2n) is 3.95.